The predicted octanol–water partition coefficient (Wildman–Crippen LogP) is 2.56. The van der Waals surface area contributed by atoms with Crippen LogP contribution in [0, 0.1) is 0 Å². The molecular formula is C11H9F3O3. The molecular weight excluding hydrogens is 237 g/mol. The van der Waals surface area contributed by atoms with Crippen molar-refractivity contribution in [2.45, 2.75) is 18.2 Å². The van der Waals surface area contributed by atoms with Crippen LogP contribution in [-0.2, 0) is 10.3 Å². The molecule has 1 saturated heterocycles. The second-order valence-electron chi connectivity index (χ2n) is 3.81. The highest BCUT2D eigenvalue weighted by Gasteiger charge is 2.61. The van der Waals surface area contributed by atoms with E-state index in [1.54, 1.807) is 0 Å². The second-order valence-corrected chi connectivity index (χ2v) is 3.81. The summed E-state index contributed by atoms with van der Waals surface area (Å²) in [5, 5.41) is 8.66. The molecule has 1 fully saturated rings. The van der Waals surface area contributed by atoms with Gasteiger partial charge in [-0.2, -0.15) is 13.2 Å². The molecule has 1 aromatic rings. The van der Waals surface area contributed by atoms with E-state index in [1.165, 1.54) is 0 Å². The highest BCUT2D eigenvalue weighted by atomic mass is 19.4. The third kappa shape index (κ3) is 1.78. The molecule has 0 amide bonds. The van der Waals surface area contributed by atoms with Crippen LogP contribution in [-0.4, -0.2) is 23.9 Å². The number of ether oxygens (including phenoxy) is 1. The Morgan fingerprint density at radius 3 is 2.12 bits per heavy atom. The van der Waals surface area contributed by atoms with Crippen LogP contribution in [0.1, 0.15) is 22.3 Å². The van der Waals surface area contributed by atoms with Crippen molar-refractivity contribution in [2.24, 2.45) is 0 Å². The third-order valence-electron chi connectivity index (χ3n) is 2.86. The van der Waals surface area contributed by atoms with Gasteiger partial charge >= 0.3 is 12.1 Å². The monoisotopic (exact) mass is 246 g/mol. The van der Waals surface area contributed by atoms with E-state index in [9.17, 15) is 18.0 Å². The number of hydrogen-bond acceptors (Lipinski definition) is 2. The van der Waals surface area contributed by atoms with Gasteiger partial charge in [-0.1, -0.05) is 12.1 Å². The minimum atomic E-state index is -4.49. The van der Waals surface area contributed by atoms with Gasteiger partial charge in [0, 0.05) is 6.42 Å². The Morgan fingerprint density at radius 1 is 1.29 bits per heavy atom. The van der Waals surface area contributed by atoms with Gasteiger partial charge < -0.3 is 9.84 Å². The lowest BCUT2D eigenvalue weighted by atomic mass is 9.85. The summed E-state index contributed by atoms with van der Waals surface area (Å²) in [7, 11) is 0. The number of benzene rings is 1. The van der Waals surface area contributed by atoms with Crippen LogP contribution in [0.5, 0.6) is 0 Å². The molecule has 2 rings (SSSR count). The van der Waals surface area contributed by atoms with Crippen molar-refractivity contribution in [3.63, 3.8) is 0 Å². The van der Waals surface area contributed by atoms with Crippen molar-refractivity contribution in [2.75, 3.05) is 6.61 Å². The van der Waals surface area contributed by atoms with Crippen LogP contribution in [0.15, 0.2) is 24.3 Å². The number of hydrogen-bond donors (Lipinski definition) is 1. The van der Waals surface area contributed by atoms with Gasteiger partial charge in [-0.3, -0.25) is 0 Å². The van der Waals surface area contributed by atoms with Gasteiger partial charge in [0.05, 0.1) is 12.2 Å². The average Bonchev–Trinajstić information content (AvgIpc) is 2.14. The Bertz CT molecular complexity index is 432. The zero-order valence-electron chi connectivity index (χ0n) is 8.62. The van der Waals surface area contributed by atoms with Crippen LogP contribution in [0.25, 0.3) is 0 Å². The second kappa shape index (κ2) is 3.73. The van der Waals surface area contributed by atoms with E-state index < -0.39 is 17.7 Å². The highest BCUT2D eigenvalue weighted by Crippen LogP contribution is 2.49. The number of carbonyl (C=O) groups is 1. The zero-order valence-corrected chi connectivity index (χ0v) is 8.62. The number of aromatic carboxylic acids is 1. The first kappa shape index (κ1) is 11.9. The summed E-state index contributed by atoms with van der Waals surface area (Å²) in [5.41, 5.74) is -2.36. The molecule has 1 aromatic carbocycles. The predicted molar refractivity (Wildman–Crippen MR) is 51.7 cm³/mol. The lowest BCUT2D eigenvalue weighted by Crippen LogP contribution is -2.52. The molecule has 6 heteroatoms. The standard InChI is InChI=1S/C11H9F3O3/c12-11(13,14)10(5-6-17-10)8-3-1-7(2-4-8)9(15)16/h1-4H,5-6H2,(H,15,16). The molecule has 0 radical (unpaired) electrons. The van der Waals surface area contributed by atoms with Gasteiger partial charge in [0.25, 0.3) is 0 Å². The van der Waals surface area contributed by atoms with Crippen LogP contribution in [0.4, 0.5) is 13.2 Å². The summed E-state index contributed by atoms with van der Waals surface area (Å²) in [4.78, 5) is 10.6. The van der Waals surface area contributed by atoms with Crippen molar-refractivity contribution in [3.8, 4) is 0 Å². The van der Waals surface area contributed by atoms with Crippen molar-refractivity contribution in [1.82, 2.24) is 0 Å². The van der Waals surface area contributed by atoms with E-state index >= 15 is 0 Å². The van der Waals surface area contributed by atoms with E-state index in [-0.39, 0.29) is 24.2 Å². The van der Waals surface area contributed by atoms with Crippen LogP contribution >= 0.6 is 0 Å². The number of alkyl halides is 3. The molecule has 1 N–H and O–H groups in total. The molecule has 0 saturated carbocycles. The Labute approximate surface area is 94.8 Å². The largest absolute Gasteiger partial charge is 0.478 e. The summed E-state index contributed by atoms with van der Waals surface area (Å²) in [6.45, 7) is 0.0557. The molecule has 1 unspecified atom stereocenters. The first-order valence-corrected chi connectivity index (χ1v) is 4.91. The highest BCUT2D eigenvalue weighted by molar-refractivity contribution is 5.87. The normalized spacial score (nSPS) is 24.2. The molecule has 17 heavy (non-hydrogen) atoms. The van der Waals surface area contributed by atoms with E-state index in [2.05, 4.69) is 0 Å². The lowest BCUT2D eigenvalue weighted by Gasteiger charge is -2.43. The fourth-order valence-corrected chi connectivity index (χ4v) is 1.80. The van der Waals surface area contributed by atoms with Gasteiger partial charge in [0.2, 0.25) is 0 Å². The van der Waals surface area contributed by atoms with Gasteiger partial charge in [-0.25, -0.2) is 4.79 Å². The number of carboxylic acid groups (broad SMARTS) is 1. The molecule has 1 heterocycles. The Kier molecular flexibility index (Phi) is 2.61. The third-order valence-corrected chi connectivity index (χ3v) is 2.86. The van der Waals surface area contributed by atoms with Crippen molar-refractivity contribution < 1.29 is 27.8 Å². The molecule has 92 valence electrons. The van der Waals surface area contributed by atoms with Gasteiger partial charge in [0.1, 0.15) is 0 Å². The summed E-state index contributed by atoms with van der Waals surface area (Å²) in [5.74, 6) is -1.17. The maximum absolute atomic E-state index is 12.9. The Balaban J connectivity index is 2.36. The molecule has 0 aromatic heterocycles. The molecule has 0 bridgehead atoms. The first-order chi connectivity index (χ1) is 7.87. The van der Waals surface area contributed by atoms with Crippen molar-refractivity contribution in [3.05, 3.63) is 35.4 Å². The fraction of sp³-hybridized carbons (Fsp3) is 0.364. The Morgan fingerprint density at radius 2 is 1.82 bits per heavy atom. The smallest absolute Gasteiger partial charge is 0.421 e. The van der Waals surface area contributed by atoms with Gasteiger partial charge in [-0.05, 0) is 17.7 Å². The maximum Gasteiger partial charge on any atom is 0.421 e. The van der Waals surface area contributed by atoms with Crippen LogP contribution in [0.2, 0.25) is 0 Å². The summed E-state index contributed by atoms with van der Waals surface area (Å²) in [6.07, 6.45) is -4.63. The van der Waals surface area contributed by atoms with E-state index in [1.807, 2.05) is 0 Å². The summed E-state index contributed by atoms with van der Waals surface area (Å²) < 4.78 is 43.3. The number of carboxylic acids is 1. The van der Waals surface area contributed by atoms with E-state index in [4.69, 9.17) is 9.84 Å². The van der Waals surface area contributed by atoms with Crippen LogP contribution in [0.3, 0.4) is 0 Å². The van der Waals surface area contributed by atoms with E-state index in [0.717, 1.165) is 24.3 Å². The molecule has 1 aliphatic rings. The van der Waals surface area contributed by atoms with Crippen LogP contribution < -0.4 is 0 Å². The maximum atomic E-state index is 12.9. The Hall–Kier alpha value is -1.56. The molecule has 1 aliphatic heterocycles. The number of halogens is 3. The first-order valence-electron chi connectivity index (χ1n) is 4.91. The minimum absolute atomic E-state index is 0.0506. The van der Waals surface area contributed by atoms with Crippen molar-refractivity contribution in [1.29, 1.82) is 0 Å². The van der Waals surface area contributed by atoms with E-state index in [0.29, 0.717) is 0 Å². The quantitative estimate of drug-likeness (QED) is 0.872. The lowest BCUT2D eigenvalue weighted by molar-refractivity contribution is -0.333. The average molecular weight is 246 g/mol. The van der Waals surface area contributed by atoms with Crippen molar-refractivity contribution >= 4 is 5.97 Å². The molecule has 0 aliphatic carbocycles. The molecule has 1 atom stereocenters. The summed E-state index contributed by atoms with van der Waals surface area (Å²) >= 11 is 0. The topological polar surface area (TPSA) is 46.5 Å². The van der Waals surface area contributed by atoms with Gasteiger partial charge in [0.15, 0.2) is 5.60 Å². The summed E-state index contributed by atoms with van der Waals surface area (Å²) in [6, 6.07) is 4.59. The molecule has 3 nitrogen and oxygen atoms in total. The van der Waals surface area contributed by atoms with Gasteiger partial charge in [-0.15, -0.1) is 0 Å². The number of rotatable bonds is 2. The molecule has 0 spiro atoms. The zero-order chi connectivity index (χ0) is 12.7. The fourth-order valence-electron chi connectivity index (χ4n) is 1.80. The SMILES string of the molecule is O=C(O)c1ccc(C2(C(F)(F)F)CCO2)cc1. The minimum Gasteiger partial charge on any atom is -0.478 e.